The number of aryl methyl sites for hydroxylation is 1. The number of aromatic nitrogens is 2. The first kappa shape index (κ1) is 14.1. The Morgan fingerprint density at radius 3 is 2.76 bits per heavy atom. The molecule has 0 saturated heterocycles. The smallest absolute Gasteiger partial charge is 0.130 e. The van der Waals surface area contributed by atoms with E-state index in [4.69, 9.17) is 4.74 Å². The molecule has 21 heavy (non-hydrogen) atoms. The van der Waals surface area contributed by atoms with Gasteiger partial charge in [-0.3, -0.25) is 5.10 Å². The van der Waals surface area contributed by atoms with Gasteiger partial charge in [-0.25, -0.2) is 4.39 Å². The van der Waals surface area contributed by atoms with Crippen LogP contribution < -0.4 is 4.74 Å². The minimum Gasteiger partial charge on any atom is -0.490 e. The maximum absolute atomic E-state index is 13.9. The van der Waals surface area contributed by atoms with E-state index in [0.717, 1.165) is 24.8 Å². The van der Waals surface area contributed by atoms with Gasteiger partial charge in [-0.1, -0.05) is 6.42 Å². The maximum Gasteiger partial charge on any atom is 0.130 e. The Hall–Kier alpha value is -1.84. The summed E-state index contributed by atoms with van der Waals surface area (Å²) in [5.41, 5.74) is 2.81. The fraction of sp³-hybridized carbons (Fsp3) is 0.471. The van der Waals surface area contributed by atoms with Crippen molar-refractivity contribution in [3.8, 4) is 5.75 Å². The highest BCUT2D eigenvalue weighted by Gasteiger charge is 2.29. The summed E-state index contributed by atoms with van der Waals surface area (Å²) >= 11 is 0. The molecule has 1 N–H and O–H groups in total. The molecule has 112 valence electrons. The fourth-order valence-electron chi connectivity index (χ4n) is 3.11. The fourth-order valence-corrected chi connectivity index (χ4v) is 3.11. The van der Waals surface area contributed by atoms with Gasteiger partial charge >= 0.3 is 0 Å². The average Bonchev–Trinajstić information content (AvgIpc) is 2.99. The largest absolute Gasteiger partial charge is 0.490 e. The van der Waals surface area contributed by atoms with Gasteiger partial charge < -0.3 is 4.74 Å². The molecule has 3 rings (SSSR count). The quantitative estimate of drug-likeness (QED) is 0.915. The molecular formula is C17H21FN2O. The van der Waals surface area contributed by atoms with Crippen LogP contribution in [0.1, 0.15) is 48.3 Å². The van der Waals surface area contributed by atoms with Gasteiger partial charge in [-0.05, 0) is 55.9 Å². The van der Waals surface area contributed by atoms with Crippen LogP contribution in [0.3, 0.4) is 0 Å². The molecule has 2 aromatic rings. The number of nitrogens with zero attached hydrogens (tertiary/aromatic N) is 1. The summed E-state index contributed by atoms with van der Waals surface area (Å²) in [6.45, 7) is 3.71. The first-order valence-corrected chi connectivity index (χ1v) is 7.57. The van der Waals surface area contributed by atoms with E-state index in [0.29, 0.717) is 17.2 Å². The van der Waals surface area contributed by atoms with Crippen molar-refractivity contribution in [3.63, 3.8) is 0 Å². The Balaban J connectivity index is 1.82. The molecule has 4 heteroatoms. The van der Waals surface area contributed by atoms with Gasteiger partial charge in [-0.2, -0.15) is 5.10 Å². The van der Waals surface area contributed by atoms with E-state index in [1.54, 1.807) is 6.92 Å². The summed E-state index contributed by atoms with van der Waals surface area (Å²) in [6, 6.07) is 3.43. The number of hydrogen-bond donors (Lipinski definition) is 1. The summed E-state index contributed by atoms with van der Waals surface area (Å²) in [5, 5.41) is 6.91. The summed E-state index contributed by atoms with van der Waals surface area (Å²) in [7, 11) is 0. The highest BCUT2D eigenvalue weighted by atomic mass is 19.1. The maximum atomic E-state index is 13.9. The van der Waals surface area contributed by atoms with Gasteiger partial charge in [-0.15, -0.1) is 0 Å². The Kier molecular flexibility index (Phi) is 3.95. The molecule has 0 radical (unpaired) electrons. The summed E-state index contributed by atoms with van der Waals surface area (Å²) in [6.07, 6.45) is 8.36. The third-order valence-electron chi connectivity index (χ3n) is 4.52. The number of halogens is 1. The van der Waals surface area contributed by atoms with Gasteiger partial charge in [0.2, 0.25) is 0 Å². The number of rotatable bonds is 3. The molecule has 0 bridgehead atoms. The number of H-pyrrole nitrogens is 1. The van der Waals surface area contributed by atoms with Crippen LogP contribution in [0.5, 0.6) is 5.75 Å². The second-order valence-corrected chi connectivity index (χ2v) is 5.93. The topological polar surface area (TPSA) is 37.9 Å². The molecule has 0 spiro atoms. The molecule has 1 aromatic carbocycles. The van der Waals surface area contributed by atoms with Crippen molar-refractivity contribution in [2.24, 2.45) is 0 Å². The first-order valence-electron chi connectivity index (χ1n) is 7.57. The molecular weight excluding hydrogens is 267 g/mol. The third kappa shape index (κ3) is 2.94. The van der Waals surface area contributed by atoms with Gasteiger partial charge in [0.25, 0.3) is 0 Å². The Labute approximate surface area is 124 Å². The molecule has 3 nitrogen and oxygen atoms in total. The van der Waals surface area contributed by atoms with Crippen molar-refractivity contribution in [2.45, 2.75) is 51.6 Å². The summed E-state index contributed by atoms with van der Waals surface area (Å²) in [4.78, 5) is 0. The lowest BCUT2D eigenvalue weighted by atomic mass is 9.83. The van der Waals surface area contributed by atoms with Crippen molar-refractivity contribution < 1.29 is 9.13 Å². The Bertz CT molecular complexity index is 586. The number of nitrogens with one attached hydrogen (secondary N) is 1. The van der Waals surface area contributed by atoms with Crippen LogP contribution in [0.25, 0.3) is 0 Å². The molecule has 0 aliphatic heterocycles. The molecule has 1 aromatic heterocycles. The van der Waals surface area contributed by atoms with Gasteiger partial charge in [0.1, 0.15) is 17.7 Å². The highest BCUT2D eigenvalue weighted by molar-refractivity contribution is 5.35. The van der Waals surface area contributed by atoms with E-state index < -0.39 is 0 Å². The van der Waals surface area contributed by atoms with Crippen LogP contribution in [-0.2, 0) is 0 Å². The van der Waals surface area contributed by atoms with E-state index in [1.165, 1.54) is 18.1 Å². The lowest BCUT2D eigenvalue weighted by Gasteiger charge is -2.31. The minimum absolute atomic E-state index is 0.0952. The van der Waals surface area contributed by atoms with Crippen LogP contribution in [0.15, 0.2) is 24.5 Å². The van der Waals surface area contributed by atoms with Crippen LogP contribution >= 0.6 is 0 Å². The van der Waals surface area contributed by atoms with E-state index >= 15 is 0 Å². The molecule has 1 aliphatic rings. The molecule has 1 aliphatic carbocycles. The molecule has 1 fully saturated rings. The number of aromatic amines is 1. The number of ether oxygens (including phenoxy) is 1. The number of hydrogen-bond acceptors (Lipinski definition) is 2. The standard InChI is InChI=1S/C17H21FN2O/c1-11-7-14(8-16(18)12(11)2)21-17-6-4-3-5-15(17)13-9-19-20-10-13/h7-10,15,17H,3-6H2,1-2H3,(H,19,20)/t15-,17?/m0/s1. The molecule has 1 heterocycles. The molecule has 0 amide bonds. The zero-order valence-corrected chi connectivity index (χ0v) is 12.5. The van der Waals surface area contributed by atoms with Crippen molar-refractivity contribution in [1.82, 2.24) is 10.2 Å². The Morgan fingerprint density at radius 2 is 2.05 bits per heavy atom. The van der Waals surface area contributed by atoms with Gasteiger partial charge in [0.15, 0.2) is 0 Å². The van der Waals surface area contributed by atoms with Crippen LogP contribution in [0.2, 0.25) is 0 Å². The predicted octanol–water partition coefficient (Wildman–Crippen LogP) is 4.27. The highest BCUT2D eigenvalue weighted by Crippen LogP contribution is 2.35. The third-order valence-corrected chi connectivity index (χ3v) is 4.52. The monoisotopic (exact) mass is 288 g/mol. The van der Waals surface area contributed by atoms with E-state index in [-0.39, 0.29) is 11.9 Å². The van der Waals surface area contributed by atoms with Crippen molar-refractivity contribution in [2.75, 3.05) is 0 Å². The second kappa shape index (κ2) is 5.88. The first-order chi connectivity index (χ1) is 10.1. The van der Waals surface area contributed by atoms with Gasteiger partial charge in [0.05, 0.1) is 6.20 Å². The number of benzene rings is 1. The van der Waals surface area contributed by atoms with E-state index in [2.05, 4.69) is 10.2 Å². The lowest BCUT2D eigenvalue weighted by Crippen LogP contribution is -2.28. The van der Waals surface area contributed by atoms with E-state index in [1.807, 2.05) is 25.4 Å². The van der Waals surface area contributed by atoms with E-state index in [9.17, 15) is 4.39 Å². The zero-order valence-electron chi connectivity index (χ0n) is 12.5. The van der Waals surface area contributed by atoms with Crippen molar-refractivity contribution in [3.05, 3.63) is 47.0 Å². The molecule has 1 saturated carbocycles. The molecule has 1 unspecified atom stereocenters. The summed E-state index contributed by atoms with van der Waals surface area (Å²) in [5.74, 6) is 0.777. The Morgan fingerprint density at radius 1 is 1.24 bits per heavy atom. The summed E-state index contributed by atoms with van der Waals surface area (Å²) < 4.78 is 20.0. The van der Waals surface area contributed by atoms with Crippen molar-refractivity contribution in [1.29, 1.82) is 0 Å². The van der Waals surface area contributed by atoms with Crippen LogP contribution in [0.4, 0.5) is 4.39 Å². The van der Waals surface area contributed by atoms with Gasteiger partial charge in [0, 0.05) is 18.2 Å². The van der Waals surface area contributed by atoms with Crippen molar-refractivity contribution >= 4 is 0 Å². The average molecular weight is 288 g/mol. The van der Waals surface area contributed by atoms with Crippen LogP contribution in [0, 0.1) is 19.7 Å². The SMILES string of the molecule is Cc1cc(OC2CCCC[C@H]2c2cn[nH]c2)cc(F)c1C. The second-order valence-electron chi connectivity index (χ2n) is 5.93. The zero-order chi connectivity index (χ0) is 14.8. The molecule has 2 atom stereocenters. The normalized spacial score (nSPS) is 22.2. The minimum atomic E-state index is -0.194. The lowest BCUT2D eigenvalue weighted by molar-refractivity contribution is 0.129. The predicted molar refractivity (Wildman–Crippen MR) is 80.1 cm³/mol. The van der Waals surface area contributed by atoms with Crippen LogP contribution in [-0.4, -0.2) is 16.3 Å².